The molecule has 4 aromatic rings. The lowest BCUT2D eigenvalue weighted by molar-refractivity contribution is -0.120. The lowest BCUT2D eigenvalue weighted by Gasteiger charge is -2.29. The monoisotopic (exact) mass is 404 g/mol. The van der Waals surface area contributed by atoms with Gasteiger partial charge in [-0.15, -0.1) is 11.3 Å². The molecule has 0 unspecified atom stereocenters. The molecule has 2 aromatic carbocycles. The SMILES string of the molecule is O=C(Nc1nc(-c2ccccc2)cs1)C1CCN(c2nc3ccccc3o2)CC1. The number of oxazole rings is 1. The molecule has 0 spiro atoms. The van der Waals surface area contributed by atoms with Gasteiger partial charge in [0.25, 0.3) is 6.01 Å². The highest BCUT2D eigenvalue weighted by Gasteiger charge is 2.27. The molecule has 0 saturated carbocycles. The summed E-state index contributed by atoms with van der Waals surface area (Å²) in [6.07, 6.45) is 1.53. The Balaban J connectivity index is 1.20. The second-order valence-electron chi connectivity index (χ2n) is 7.12. The molecular weight excluding hydrogens is 384 g/mol. The molecule has 29 heavy (non-hydrogen) atoms. The normalized spacial score (nSPS) is 15.0. The third-order valence-corrected chi connectivity index (χ3v) is 5.98. The van der Waals surface area contributed by atoms with Crippen LogP contribution in [0.15, 0.2) is 64.4 Å². The number of piperidine rings is 1. The van der Waals surface area contributed by atoms with Crippen LogP contribution in [0.4, 0.5) is 11.1 Å². The number of anilines is 2. The number of rotatable bonds is 4. The Labute approximate surface area is 172 Å². The third-order valence-electron chi connectivity index (χ3n) is 5.22. The topological polar surface area (TPSA) is 71.3 Å². The zero-order valence-corrected chi connectivity index (χ0v) is 16.6. The fourth-order valence-corrected chi connectivity index (χ4v) is 4.33. The summed E-state index contributed by atoms with van der Waals surface area (Å²) in [5.41, 5.74) is 3.59. The van der Waals surface area contributed by atoms with Crippen LogP contribution in [-0.4, -0.2) is 29.0 Å². The van der Waals surface area contributed by atoms with Crippen LogP contribution in [0.3, 0.4) is 0 Å². The fourth-order valence-electron chi connectivity index (χ4n) is 3.61. The van der Waals surface area contributed by atoms with Crippen molar-refractivity contribution in [2.75, 3.05) is 23.3 Å². The quantitative estimate of drug-likeness (QED) is 0.529. The minimum atomic E-state index is -0.0281. The van der Waals surface area contributed by atoms with E-state index >= 15 is 0 Å². The number of hydrogen-bond donors (Lipinski definition) is 1. The van der Waals surface area contributed by atoms with Gasteiger partial charge in [0.15, 0.2) is 10.7 Å². The third kappa shape index (κ3) is 3.73. The van der Waals surface area contributed by atoms with Crippen molar-refractivity contribution in [3.8, 4) is 11.3 Å². The first-order chi connectivity index (χ1) is 14.3. The van der Waals surface area contributed by atoms with E-state index in [1.54, 1.807) is 0 Å². The second kappa shape index (κ2) is 7.67. The number of thiazole rings is 1. The molecule has 2 aromatic heterocycles. The van der Waals surface area contributed by atoms with E-state index in [2.05, 4.69) is 20.2 Å². The number of para-hydroxylation sites is 2. The molecule has 3 heterocycles. The number of carbonyl (C=O) groups excluding carboxylic acids is 1. The van der Waals surface area contributed by atoms with Gasteiger partial charge in [0.05, 0.1) is 5.69 Å². The Morgan fingerprint density at radius 2 is 1.79 bits per heavy atom. The van der Waals surface area contributed by atoms with Crippen molar-refractivity contribution >= 4 is 39.5 Å². The summed E-state index contributed by atoms with van der Waals surface area (Å²) >= 11 is 1.46. The van der Waals surface area contributed by atoms with Gasteiger partial charge < -0.3 is 14.6 Å². The summed E-state index contributed by atoms with van der Waals surface area (Å²) in [7, 11) is 0. The maximum absolute atomic E-state index is 12.7. The Kier molecular flexibility index (Phi) is 4.73. The van der Waals surface area contributed by atoms with Crippen molar-refractivity contribution in [3.05, 3.63) is 60.0 Å². The molecule has 1 saturated heterocycles. The molecular formula is C22H20N4O2S. The molecule has 0 bridgehead atoms. The van der Waals surface area contributed by atoms with Crippen LogP contribution in [-0.2, 0) is 4.79 Å². The van der Waals surface area contributed by atoms with Crippen molar-refractivity contribution in [2.24, 2.45) is 5.92 Å². The summed E-state index contributed by atoms with van der Waals surface area (Å²) < 4.78 is 5.85. The van der Waals surface area contributed by atoms with E-state index in [0.717, 1.165) is 48.3 Å². The first-order valence-corrected chi connectivity index (χ1v) is 10.6. The highest BCUT2D eigenvalue weighted by molar-refractivity contribution is 7.14. The minimum absolute atomic E-state index is 0.0281. The summed E-state index contributed by atoms with van der Waals surface area (Å²) in [6.45, 7) is 1.50. The largest absolute Gasteiger partial charge is 0.423 e. The Bertz CT molecular complexity index is 1100. The lowest BCUT2D eigenvalue weighted by atomic mass is 9.96. The van der Waals surface area contributed by atoms with Crippen molar-refractivity contribution in [1.29, 1.82) is 0 Å². The van der Waals surface area contributed by atoms with Gasteiger partial charge in [-0.05, 0) is 25.0 Å². The van der Waals surface area contributed by atoms with Crippen molar-refractivity contribution in [2.45, 2.75) is 12.8 Å². The number of nitrogens with zero attached hydrogens (tertiary/aromatic N) is 3. The van der Waals surface area contributed by atoms with Gasteiger partial charge in [-0.3, -0.25) is 4.79 Å². The molecule has 1 amide bonds. The van der Waals surface area contributed by atoms with Crippen LogP contribution in [0.1, 0.15) is 12.8 Å². The predicted octanol–water partition coefficient (Wildman–Crippen LogP) is 4.81. The molecule has 6 nitrogen and oxygen atoms in total. The van der Waals surface area contributed by atoms with Gasteiger partial charge in [-0.25, -0.2) is 4.98 Å². The first-order valence-electron chi connectivity index (χ1n) is 9.68. The van der Waals surface area contributed by atoms with E-state index in [1.807, 2.05) is 60.0 Å². The Morgan fingerprint density at radius 3 is 2.59 bits per heavy atom. The van der Waals surface area contributed by atoms with Crippen LogP contribution in [0, 0.1) is 5.92 Å². The number of benzene rings is 2. The smallest absolute Gasteiger partial charge is 0.298 e. The number of fused-ring (bicyclic) bond motifs is 1. The van der Waals surface area contributed by atoms with Gasteiger partial charge in [0.2, 0.25) is 5.91 Å². The highest BCUT2D eigenvalue weighted by atomic mass is 32.1. The Hall–Kier alpha value is -3.19. The maximum Gasteiger partial charge on any atom is 0.298 e. The van der Waals surface area contributed by atoms with Crippen LogP contribution in [0.5, 0.6) is 0 Å². The van der Waals surface area contributed by atoms with E-state index in [1.165, 1.54) is 11.3 Å². The van der Waals surface area contributed by atoms with Crippen molar-refractivity contribution in [3.63, 3.8) is 0 Å². The van der Waals surface area contributed by atoms with Crippen LogP contribution in [0.25, 0.3) is 22.4 Å². The molecule has 1 aliphatic rings. The molecule has 0 atom stereocenters. The van der Waals surface area contributed by atoms with E-state index in [4.69, 9.17) is 4.42 Å². The van der Waals surface area contributed by atoms with Crippen molar-refractivity contribution < 1.29 is 9.21 Å². The molecule has 0 aliphatic carbocycles. The average molecular weight is 404 g/mol. The molecule has 1 fully saturated rings. The molecule has 1 N–H and O–H groups in total. The molecule has 5 rings (SSSR count). The molecule has 146 valence electrons. The zero-order chi connectivity index (χ0) is 19.6. The average Bonchev–Trinajstić information content (AvgIpc) is 3.41. The molecule has 0 radical (unpaired) electrons. The van der Waals surface area contributed by atoms with E-state index in [9.17, 15) is 4.79 Å². The van der Waals surface area contributed by atoms with Crippen LogP contribution >= 0.6 is 11.3 Å². The summed E-state index contributed by atoms with van der Waals surface area (Å²) in [5.74, 6) is 0.0101. The van der Waals surface area contributed by atoms with Gasteiger partial charge in [0, 0.05) is 30.0 Å². The van der Waals surface area contributed by atoms with E-state index in [-0.39, 0.29) is 11.8 Å². The first kappa shape index (κ1) is 17.9. The summed E-state index contributed by atoms with van der Waals surface area (Å²) in [6, 6.07) is 18.4. The van der Waals surface area contributed by atoms with Crippen molar-refractivity contribution in [1.82, 2.24) is 9.97 Å². The highest BCUT2D eigenvalue weighted by Crippen LogP contribution is 2.28. The number of carbonyl (C=O) groups is 1. The van der Waals surface area contributed by atoms with Crippen LogP contribution < -0.4 is 10.2 Å². The van der Waals surface area contributed by atoms with Crippen LogP contribution in [0.2, 0.25) is 0 Å². The minimum Gasteiger partial charge on any atom is -0.423 e. The van der Waals surface area contributed by atoms with Gasteiger partial charge in [-0.1, -0.05) is 42.5 Å². The standard InChI is InChI=1S/C22H20N4O2S/c27-20(25-21-23-18(14-29-21)15-6-2-1-3-7-15)16-10-12-26(13-11-16)22-24-17-8-4-5-9-19(17)28-22/h1-9,14,16H,10-13H2,(H,23,25,27). The number of aromatic nitrogens is 2. The molecule has 7 heteroatoms. The lowest BCUT2D eigenvalue weighted by Crippen LogP contribution is -2.38. The summed E-state index contributed by atoms with van der Waals surface area (Å²) in [5, 5.41) is 5.61. The van der Waals surface area contributed by atoms with Gasteiger partial charge in [0.1, 0.15) is 5.52 Å². The predicted molar refractivity (Wildman–Crippen MR) is 115 cm³/mol. The number of nitrogens with one attached hydrogen (secondary N) is 1. The Morgan fingerprint density at radius 1 is 1.03 bits per heavy atom. The molecule has 1 aliphatic heterocycles. The number of amides is 1. The number of hydrogen-bond acceptors (Lipinski definition) is 6. The fraction of sp³-hybridized carbons (Fsp3) is 0.227. The second-order valence-corrected chi connectivity index (χ2v) is 7.98. The summed E-state index contributed by atoms with van der Waals surface area (Å²) in [4.78, 5) is 23.9. The van der Waals surface area contributed by atoms with Gasteiger partial charge in [-0.2, -0.15) is 4.98 Å². The zero-order valence-electron chi connectivity index (χ0n) is 15.7. The maximum atomic E-state index is 12.7. The van der Waals surface area contributed by atoms with E-state index in [0.29, 0.717) is 11.1 Å². The van der Waals surface area contributed by atoms with E-state index < -0.39 is 0 Å². The van der Waals surface area contributed by atoms with Gasteiger partial charge >= 0.3 is 0 Å².